The summed E-state index contributed by atoms with van der Waals surface area (Å²) >= 11 is 4.19. The molecule has 2 aromatic carbocycles. The molecular weight excluding hydrogens is 822 g/mol. The Labute approximate surface area is 271 Å². The number of hydrogen-bond donors (Lipinski definition) is 4. The number of nitrogens with one attached hydrogen (secondary N) is 2. The summed E-state index contributed by atoms with van der Waals surface area (Å²) < 4.78 is 32.5. The van der Waals surface area contributed by atoms with Crippen molar-refractivity contribution < 1.29 is 41.0 Å². The molecule has 4 aromatic rings. The normalized spacial score (nSPS) is 13.2. The molecule has 0 saturated carbocycles. The standard InChI is InChI=1S/C30H25ClF2I2N5O4/c1-2-16-6-8-18(37-29(44)17-7-10-24(31)36-13-17)12-21(16)26-20-9-11-25(43)40(27-22(32)4-3-5-23(27)33)28(20)39-30(35-34-26)38-19(14-41)15-42/h3-13,19,38,41-42H,2,14-15H2,1H3,(H,37,44)/q-1. The number of pyridine rings is 2. The number of nitrogens with zero attached hydrogens (tertiary/aromatic N) is 3. The Kier molecular flexibility index (Phi) is 10.6. The van der Waals surface area contributed by atoms with Crippen molar-refractivity contribution in [1.82, 2.24) is 14.9 Å². The average molecular weight is 847 g/mol. The predicted molar refractivity (Wildman–Crippen MR) is 168 cm³/mol. The molecule has 3 heterocycles. The van der Waals surface area contributed by atoms with Gasteiger partial charge in [-0.25, -0.2) is 0 Å². The number of carbonyl (C=O) groups excluding carboxylic acids is 1. The monoisotopic (exact) mass is 846 g/mol. The summed E-state index contributed by atoms with van der Waals surface area (Å²) in [5.41, 5.74) is 1.44. The van der Waals surface area contributed by atoms with Crippen molar-refractivity contribution in [1.29, 1.82) is 0 Å². The van der Waals surface area contributed by atoms with Gasteiger partial charge in [-0.3, -0.25) is 0 Å². The number of hydrogen-bond acceptors (Lipinski definition) is 7. The summed E-state index contributed by atoms with van der Waals surface area (Å²) in [6, 6.07) is 14.2. The van der Waals surface area contributed by atoms with Crippen LogP contribution < -0.4 is 44.1 Å². The molecule has 14 heteroatoms. The number of benzene rings is 2. The van der Waals surface area contributed by atoms with Crippen molar-refractivity contribution in [3.63, 3.8) is 0 Å². The number of aliphatic hydroxyl groups excluding tert-OH is 2. The van der Waals surface area contributed by atoms with Crippen LogP contribution in [0.5, 0.6) is 0 Å². The van der Waals surface area contributed by atoms with E-state index in [4.69, 9.17) is 16.6 Å². The topological polar surface area (TPSA) is 129 Å². The van der Waals surface area contributed by atoms with Gasteiger partial charge in [0.2, 0.25) is 0 Å². The van der Waals surface area contributed by atoms with Crippen LogP contribution in [0.15, 0.2) is 76.6 Å². The van der Waals surface area contributed by atoms with Gasteiger partial charge in [-0.2, -0.15) is 0 Å². The van der Waals surface area contributed by atoms with Gasteiger partial charge in [-0.1, -0.05) is 0 Å². The molecule has 1 aliphatic heterocycles. The number of aryl methyl sites for hydroxylation is 1. The molecule has 44 heavy (non-hydrogen) atoms. The maximum atomic E-state index is 15.1. The van der Waals surface area contributed by atoms with E-state index in [1.165, 1.54) is 24.4 Å². The van der Waals surface area contributed by atoms with Crippen molar-refractivity contribution in [2.45, 2.75) is 19.4 Å². The number of amides is 1. The summed E-state index contributed by atoms with van der Waals surface area (Å²) in [5.74, 6) is -2.24. The van der Waals surface area contributed by atoms with E-state index in [1.54, 1.807) is 18.2 Å². The van der Waals surface area contributed by atoms with Gasteiger partial charge in [0.15, 0.2) is 0 Å². The molecule has 0 spiro atoms. The second-order valence-electron chi connectivity index (χ2n) is 9.43. The van der Waals surface area contributed by atoms with Gasteiger partial charge in [0.25, 0.3) is 0 Å². The Bertz CT molecular complexity index is 1930. The van der Waals surface area contributed by atoms with Crippen LogP contribution in [-0.4, -0.2) is 48.7 Å². The summed E-state index contributed by atoms with van der Waals surface area (Å²) in [6.07, 6.45) is 2.03. The van der Waals surface area contributed by atoms with Crippen molar-refractivity contribution >= 4 is 47.3 Å². The van der Waals surface area contributed by atoms with Gasteiger partial charge in [0.05, 0.1) is 0 Å². The summed E-state index contributed by atoms with van der Waals surface area (Å²) in [5, 5.41) is 26.2. The van der Waals surface area contributed by atoms with E-state index in [2.05, 4.69) is 15.6 Å². The van der Waals surface area contributed by atoms with Gasteiger partial charge in [0.1, 0.15) is 0 Å². The zero-order valence-corrected chi connectivity index (χ0v) is 28.1. The van der Waals surface area contributed by atoms with Crippen LogP contribution in [0.4, 0.5) is 14.5 Å². The third kappa shape index (κ3) is 6.97. The maximum absolute atomic E-state index is 15.1. The molecule has 0 unspecified atom stereocenters. The Morgan fingerprint density at radius 1 is 1.09 bits per heavy atom. The van der Waals surface area contributed by atoms with Gasteiger partial charge in [0, 0.05) is 0 Å². The Morgan fingerprint density at radius 2 is 1.84 bits per heavy atom. The molecular formula is C30H25ClF2I2N5O4-. The first kappa shape index (κ1) is 32.4. The first-order chi connectivity index (χ1) is 21.2. The number of halogens is 5. The quantitative estimate of drug-likeness (QED) is 0.136. The summed E-state index contributed by atoms with van der Waals surface area (Å²) in [7, 11) is 0. The number of carbonyl (C=O) groups is 1. The van der Waals surface area contributed by atoms with Crippen LogP contribution in [0.3, 0.4) is 0 Å². The Balaban J connectivity index is 1.75. The van der Waals surface area contributed by atoms with Crippen LogP contribution in [0.1, 0.15) is 28.4 Å². The molecule has 0 bridgehead atoms. The average Bonchev–Trinajstić information content (AvgIpc) is 3.20. The molecule has 230 valence electrons. The fourth-order valence-corrected chi connectivity index (χ4v) is 14.1. The summed E-state index contributed by atoms with van der Waals surface area (Å²) in [6.45, 7) is 1.26. The zero-order valence-electron chi connectivity index (χ0n) is 23.0. The van der Waals surface area contributed by atoms with E-state index in [0.717, 1.165) is 31.4 Å². The fraction of sp³-hybridized carbons (Fsp3) is 0.167. The minimum absolute atomic E-state index is 0.0364. The van der Waals surface area contributed by atoms with Gasteiger partial charge in [-0.15, -0.1) is 0 Å². The number of anilines is 1. The van der Waals surface area contributed by atoms with Crippen LogP contribution in [0.2, 0.25) is 5.15 Å². The molecule has 9 nitrogen and oxygen atoms in total. The molecule has 0 aliphatic carbocycles. The number of rotatable bonds is 9. The molecule has 0 atom stereocenters. The molecule has 5 rings (SSSR count). The van der Waals surface area contributed by atoms with E-state index in [1.807, 2.05) is 19.1 Å². The molecule has 4 N–H and O–H groups in total. The third-order valence-electron chi connectivity index (χ3n) is 6.58. The van der Waals surface area contributed by atoms with Crippen LogP contribution in [0, 0.1) is 11.6 Å². The minimum atomic E-state index is -0.931. The Morgan fingerprint density at radius 3 is 2.50 bits per heavy atom. The van der Waals surface area contributed by atoms with Crippen molar-refractivity contribution in [2.75, 3.05) is 18.5 Å². The first-order valence-electron chi connectivity index (χ1n) is 13.2. The van der Waals surface area contributed by atoms with Crippen molar-refractivity contribution in [3.8, 4) is 5.69 Å². The van der Waals surface area contributed by atoms with E-state index in [-0.39, 0.29) is 29.8 Å². The molecule has 1 amide bonds. The van der Waals surface area contributed by atoms with E-state index >= 15 is 8.78 Å². The number of para-hydroxylation sites is 1. The van der Waals surface area contributed by atoms with Crippen molar-refractivity contribution in [3.05, 3.63) is 121 Å². The molecule has 2 aromatic heterocycles. The van der Waals surface area contributed by atoms with E-state index in [0.29, 0.717) is 26.6 Å². The van der Waals surface area contributed by atoms with Crippen LogP contribution in [-0.2, 0) is 6.42 Å². The second-order valence-corrected chi connectivity index (χ2v) is 18.2. The summed E-state index contributed by atoms with van der Waals surface area (Å²) in [4.78, 5) is 34.9. The second kappa shape index (κ2) is 14.4. The van der Waals surface area contributed by atoms with E-state index < -0.39 is 62.9 Å². The van der Waals surface area contributed by atoms with Crippen LogP contribution >= 0.6 is 28.4 Å². The van der Waals surface area contributed by atoms with Crippen LogP contribution in [0.25, 0.3) is 9.27 Å². The van der Waals surface area contributed by atoms with E-state index in [9.17, 15) is 19.8 Å². The molecule has 0 fully saturated rings. The predicted octanol–water partition coefficient (Wildman–Crippen LogP) is -0.227. The molecule has 0 radical (unpaired) electrons. The van der Waals surface area contributed by atoms with Crippen molar-refractivity contribution in [2.24, 2.45) is 4.99 Å². The molecule has 0 saturated heterocycles. The fourth-order valence-electron chi connectivity index (χ4n) is 4.38. The number of aromatic nitrogens is 2. The van der Waals surface area contributed by atoms with Gasteiger partial charge < -0.3 is 0 Å². The number of aliphatic hydroxyl groups is 2. The first-order valence-corrected chi connectivity index (χ1v) is 22.1. The molecule has 1 aliphatic rings. The number of fused-ring (bicyclic) bond motifs is 1. The SMILES string of the molecule is CCc1ccc(NC(=O)c2ccc(Cl)nc2)cc1C1=c2ccc(=O)n(-c3c(F)cccc3F)c2=NC(NC(CO)CO)=I[I-]1. The van der Waals surface area contributed by atoms with Gasteiger partial charge in [-0.05, 0) is 0 Å². The third-order valence-corrected chi connectivity index (χ3v) is 16.2. The van der Waals surface area contributed by atoms with Gasteiger partial charge >= 0.3 is 273 Å². The zero-order chi connectivity index (χ0) is 31.4. The Hall–Kier alpha value is -2.96.